The summed E-state index contributed by atoms with van der Waals surface area (Å²) in [7, 11) is 0. The quantitative estimate of drug-likeness (QED) is 0.655. The number of aryl methyl sites for hydroxylation is 3. The predicted molar refractivity (Wildman–Crippen MR) is 69.7 cm³/mol. The fourth-order valence-corrected chi connectivity index (χ4v) is 2.07. The van der Waals surface area contributed by atoms with Gasteiger partial charge in [0.25, 0.3) is 0 Å². The van der Waals surface area contributed by atoms with Gasteiger partial charge in [-0.1, -0.05) is 37.3 Å². The molecule has 0 aliphatic carbocycles. The molecule has 2 rings (SSSR count). The van der Waals surface area contributed by atoms with Crippen molar-refractivity contribution in [1.82, 2.24) is 4.57 Å². The summed E-state index contributed by atoms with van der Waals surface area (Å²) < 4.78 is 4.53. The van der Waals surface area contributed by atoms with Gasteiger partial charge in [0.05, 0.1) is 13.1 Å². The molecule has 0 unspecified atom stereocenters. The molecule has 0 fully saturated rings. The first-order valence-corrected chi connectivity index (χ1v) is 6.47. The summed E-state index contributed by atoms with van der Waals surface area (Å²) in [6, 6.07) is 10.7. The number of rotatable bonds is 6. The van der Waals surface area contributed by atoms with Crippen molar-refractivity contribution in [2.45, 2.75) is 39.3 Å². The Balaban J connectivity index is 0.00000162. The molecule has 0 bridgehead atoms. The van der Waals surface area contributed by atoms with Crippen LogP contribution in [0.2, 0.25) is 0 Å². The number of imidazole rings is 1. The highest BCUT2D eigenvalue weighted by atomic mass is 79.9. The molecule has 0 saturated carbocycles. The van der Waals surface area contributed by atoms with E-state index in [-0.39, 0.29) is 17.0 Å². The van der Waals surface area contributed by atoms with Gasteiger partial charge >= 0.3 is 0 Å². The summed E-state index contributed by atoms with van der Waals surface area (Å²) in [5.41, 5.74) is 1.43. The van der Waals surface area contributed by atoms with E-state index in [1.54, 1.807) is 0 Å². The third-order valence-corrected chi connectivity index (χ3v) is 2.95. The second kappa shape index (κ2) is 8.09. The van der Waals surface area contributed by atoms with E-state index in [2.05, 4.69) is 65.1 Å². The summed E-state index contributed by atoms with van der Waals surface area (Å²) >= 11 is 0. The Labute approximate surface area is 120 Å². The van der Waals surface area contributed by atoms with Crippen molar-refractivity contribution in [3.8, 4) is 0 Å². The Hall–Kier alpha value is -1.09. The SMILES string of the molecule is CCC[n+]1ccn(CCCc2ccccc2)c1.[Br-]. The van der Waals surface area contributed by atoms with Gasteiger partial charge in [-0.3, -0.25) is 0 Å². The Morgan fingerprint density at radius 2 is 1.94 bits per heavy atom. The van der Waals surface area contributed by atoms with Gasteiger partial charge in [0.1, 0.15) is 12.4 Å². The molecule has 0 aliphatic rings. The van der Waals surface area contributed by atoms with E-state index in [4.69, 9.17) is 0 Å². The van der Waals surface area contributed by atoms with Crippen molar-refractivity contribution >= 4 is 0 Å². The maximum absolute atomic E-state index is 2.28. The first-order valence-electron chi connectivity index (χ1n) is 6.47. The van der Waals surface area contributed by atoms with Crippen LogP contribution in [0.4, 0.5) is 0 Å². The Morgan fingerprint density at radius 3 is 2.67 bits per heavy atom. The minimum atomic E-state index is 0. The molecule has 1 aromatic heterocycles. The monoisotopic (exact) mass is 308 g/mol. The average Bonchev–Trinajstić information content (AvgIpc) is 2.79. The molecule has 0 atom stereocenters. The summed E-state index contributed by atoms with van der Waals surface area (Å²) in [5, 5.41) is 0. The third-order valence-electron chi connectivity index (χ3n) is 2.95. The van der Waals surface area contributed by atoms with Crippen LogP contribution < -0.4 is 21.5 Å². The summed E-state index contributed by atoms with van der Waals surface area (Å²) in [4.78, 5) is 0. The molecular weight excluding hydrogens is 288 g/mol. The van der Waals surface area contributed by atoms with Crippen LogP contribution in [-0.4, -0.2) is 4.57 Å². The minimum Gasteiger partial charge on any atom is -1.00 e. The highest BCUT2D eigenvalue weighted by Crippen LogP contribution is 2.03. The van der Waals surface area contributed by atoms with Crippen LogP contribution in [0.3, 0.4) is 0 Å². The van der Waals surface area contributed by atoms with Gasteiger partial charge in [-0.2, -0.15) is 0 Å². The lowest BCUT2D eigenvalue weighted by molar-refractivity contribution is -0.696. The molecule has 98 valence electrons. The van der Waals surface area contributed by atoms with E-state index in [0.717, 1.165) is 19.5 Å². The second-order valence-corrected chi connectivity index (χ2v) is 4.48. The zero-order chi connectivity index (χ0) is 11.9. The lowest BCUT2D eigenvalue weighted by Crippen LogP contribution is -3.00. The number of hydrogen-bond acceptors (Lipinski definition) is 0. The van der Waals surface area contributed by atoms with Gasteiger partial charge in [-0.25, -0.2) is 9.13 Å². The van der Waals surface area contributed by atoms with Gasteiger partial charge in [0, 0.05) is 0 Å². The third kappa shape index (κ3) is 4.65. The minimum absolute atomic E-state index is 0. The lowest BCUT2D eigenvalue weighted by atomic mass is 10.1. The first-order chi connectivity index (χ1) is 8.38. The van der Waals surface area contributed by atoms with Gasteiger partial charge in [0.2, 0.25) is 6.33 Å². The molecule has 0 radical (unpaired) electrons. The zero-order valence-electron chi connectivity index (χ0n) is 10.9. The molecule has 0 N–H and O–H groups in total. The van der Waals surface area contributed by atoms with Gasteiger partial charge in [-0.05, 0) is 24.8 Å². The molecular formula is C15H21BrN2. The van der Waals surface area contributed by atoms with Gasteiger partial charge in [0.15, 0.2) is 0 Å². The first kappa shape index (κ1) is 15.0. The van der Waals surface area contributed by atoms with Crippen LogP contribution in [-0.2, 0) is 19.5 Å². The molecule has 1 aromatic carbocycles. The van der Waals surface area contributed by atoms with Crippen LogP contribution in [0.25, 0.3) is 0 Å². The predicted octanol–water partition coefficient (Wildman–Crippen LogP) is -0.178. The Bertz CT molecular complexity index is 437. The fraction of sp³-hybridized carbons (Fsp3) is 0.400. The Morgan fingerprint density at radius 1 is 1.17 bits per heavy atom. The maximum Gasteiger partial charge on any atom is 0.243 e. The van der Waals surface area contributed by atoms with Crippen LogP contribution in [0.5, 0.6) is 0 Å². The fourth-order valence-electron chi connectivity index (χ4n) is 2.07. The van der Waals surface area contributed by atoms with E-state index >= 15 is 0 Å². The largest absolute Gasteiger partial charge is 1.00 e. The summed E-state index contributed by atoms with van der Waals surface area (Å²) in [6.07, 6.45) is 10.1. The van der Waals surface area contributed by atoms with Crippen molar-refractivity contribution in [2.24, 2.45) is 0 Å². The maximum atomic E-state index is 2.28. The number of nitrogens with zero attached hydrogens (tertiary/aromatic N) is 2. The van der Waals surface area contributed by atoms with Gasteiger partial charge < -0.3 is 17.0 Å². The molecule has 2 aromatic rings. The molecule has 0 saturated heterocycles. The zero-order valence-corrected chi connectivity index (χ0v) is 12.5. The number of benzene rings is 1. The van der Waals surface area contributed by atoms with E-state index in [9.17, 15) is 0 Å². The average molecular weight is 309 g/mol. The molecule has 0 aliphatic heterocycles. The molecule has 0 amide bonds. The smallest absolute Gasteiger partial charge is 0.243 e. The van der Waals surface area contributed by atoms with Gasteiger partial charge in [-0.15, -0.1) is 0 Å². The van der Waals surface area contributed by atoms with Crippen molar-refractivity contribution < 1.29 is 21.5 Å². The van der Waals surface area contributed by atoms with Crippen LogP contribution >= 0.6 is 0 Å². The van der Waals surface area contributed by atoms with E-state index < -0.39 is 0 Å². The Kier molecular flexibility index (Phi) is 6.73. The summed E-state index contributed by atoms with van der Waals surface area (Å²) in [6.45, 7) is 4.43. The second-order valence-electron chi connectivity index (χ2n) is 4.48. The van der Waals surface area contributed by atoms with Crippen molar-refractivity contribution in [1.29, 1.82) is 0 Å². The van der Waals surface area contributed by atoms with Crippen LogP contribution in [0.1, 0.15) is 25.3 Å². The lowest BCUT2D eigenvalue weighted by Gasteiger charge is -1.99. The van der Waals surface area contributed by atoms with Crippen molar-refractivity contribution in [2.75, 3.05) is 0 Å². The summed E-state index contributed by atoms with van der Waals surface area (Å²) in [5.74, 6) is 0. The molecule has 1 heterocycles. The number of halogens is 1. The van der Waals surface area contributed by atoms with Crippen molar-refractivity contribution in [3.05, 3.63) is 54.6 Å². The number of hydrogen-bond donors (Lipinski definition) is 0. The highest BCUT2D eigenvalue weighted by Gasteiger charge is 2.02. The number of aromatic nitrogens is 2. The molecule has 3 heteroatoms. The standard InChI is InChI=1S/C15H21N2.BrH/c1-2-10-16-12-13-17(14-16)11-6-9-15-7-4-3-5-8-15;/h3-5,7-8,12-14H,2,6,9-11H2,1H3;1H/q+1;/p-1. The molecule has 18 heavy (non-hydrogen) atoms. The van der Waals surface area contributed by atoms with Crippen LogP contribution in [0.15, 0.2) is 49.1 Å². The normalized spacial score (nSPS) is 10.1. The van der Waals surface area contributed by atoms with Crippen molar-refractivity contribution in [3.63, 3.8) is 0 Å². The van der Waals surface area contributed by atoms with E-state index in [1.807, 2.05) is 0 Å². The highest BCUT2D eigenvalue weighted by molar-refractivity contribution is 5.14. The van der Waals surface area contributed by atoms with E-state index in [0.29, 0.717) is 0 Å². The molecule has 0 spiro atoms. The molecule has 2 nitrogen and oxygen atoms in total. The van der Waals surface area contributed by atoms with Crippen LogP contribution in [0, 0.1) is 0 Å². The topological polar surface area (TPSA) is 8.81 Å². The van der Waals surface area contributed by atoms with E-state index in [1.165, 1.54) is 18.4 Å².